The second-order valence-electron chi connectivity index (χ2n) is 4.60. The average Bonchev–Trinajstić information content (AvgIpc) is 2.52. The summed E-state index contributed by atoms with van der Waals surface area (Å²) in [6.07, 6.45) is 5.14. The van der Waals surface area contributed by atoms with Crippen LogP contribution in [0.15, 0.2) is 46.6 Å². The lowest BCUT2D eigenvalue weighted by Crippen LogP contribution is -2.21. The first kappa shape index (κ1) is 15.3. The van der Waals surface area contributed by atoms with Gasteiger partial charge in [-0.3, -0.25) is 4.79 Å². The Morgan fingerprint density at radius 1 is 1.23 bits per heavy atom. The van der Waals surface area contributed by atoms with Gasteiger partial charge in [-0.05, 0) is 24.5 Å². The lowest BCUT2D eigenvalue weighted by Gasteiger charge is -2.10. The number of benzene rings is 1. The van der Waals surface area contributed by atoms with Gasteiger partial charge >= 0.3 is 0 Å². The lowest BCUT2D eigenvalue weighted by atomic mass is 10.2. The van der Waals surface area contributed by atoms with Crippen molar-refractivity contribution in [2.75, 3.05) is 6.26 Å². The molecule has 0 aliphatic carbocycles. The number of hydrogen-bond acceptors (Lipinski definition) is 4. The van der Waals surface area contributed by atoms with Crippen molar-refractivity contribution < 1.29 is 0 Å². The molecule has 0 aliphatic heterocycles. The predicted octanol–water partition coefficient (Wildman–Crippen LogP) is 3.87. The molecule has 0 bridgehead atoms. The van der Waals surface area contributed by atoms with Crippen LogP contribution in [0.4, 0.5) is 0 Å². The van der Waals surface area contributed by atoms with E-state index in [9.17, 15) is 4.79 Å². The number of thioether (sulfide) groups is 1. The summed E-state index contributed by atoms with van der Waals surface area (Å²) in [5.41, 5.74) is 1.18. The van der Waals surface area contributed by atoms with E-state index in [1.54, 1.807) is 41.2 Å². The first-order chi connectivity index (χ1) is 10.6. The van der Waals surface area contributed by atoms with Crippen LogP contribution in [-0.4, -0.2) is 20.8 Å². The molecule has 2 aromatic heterocycles. The van der Waals surface area contributed by atoms with Crippen molar-refractivity contribution in [1.29, 1.82) is 0 Å². The Morgan fingerprint density at radius 2 is 1.95 bits per heavy atom. The number of fused-ring (bicyclic) bond motifs is 1. The molecule has 0 spiro atoms. The Morgan fingerprint density at radius 3 is 2.64 bits per heavy atom. The third kappa shape index (κ3) is 2.84. The van der Waals surface area contributed by atoms with Gasteiger partial charge < -0.3 is 4.57 Å². The van der Waals surface area contributed by atoms with Crippen molar-refractivity contribution in [3.63, 3.8) is 0 Å². The van der Waals surface area contributed by atoms with E-state index in [4.69, 9.17) is 23.2 Å². The normalized spacial score (nSPS) is 11.0. The van der Waals surface area contributed by atoms with Gasteiger partial charge in [0.2, 0.25) is 0 Å². The van der Waals surface area contributed by atoms with E-state index in [0.717, 1.165) is 0 Å². The molecule has 2 heterocycles. The number of pyridine rings is 1. The van der Waals surface area contributed by atoms with Crippen LogP contribution in [0.1, 0.15) is 5.56 Å². The maximum absolute atomic E-state index is 12.5. The van der Waals surface area contributed by atoms with Gasteiger partial charge in [0.1, 0.15) is 0 Å². The summed E-state index contributed by atoms with van der Waals surface area (Å²) in [6.45, 7) is 0.303. The van der Waals surface area contributed by atoms with Crippen molar-refractivity contribution >= 4 is 45.9 Å². The van der Waals surface area contributed by atoms with Crippen LogP contribution in [0.3, 0.4) is 0 Å². The van der Waals surface area contributed by atoms with Gasteiger partial charge in [-0.2, -0.15) is 0 Å². The Hall–Kier alpha value is -1.56. The van der Waals surface area contributed by atoms with E-state index in [1.807, 2.05) is 6.26 Å². The third-order valence-electron chi connectivity index (χ3n) is 3.27. The molecule has 0 amide bonds. The minimum atomic E-state index is -0.166. The molecule has 22 heavy (non-hydrogen) atoms. The first-order valence-corrected chi connectivity index (χ1v) is 8.41. The van der Waals surface area contributed by atoms with Crippen LogP contribution in [0.2, 0.25) is 10.0 Å². The fourth-order valence-corrected chi connectivity index (χ4v) is 2.99. The number of nitrogens with zero attached hydrogens (tertiary/aromatic N) is 3. The van der Waals surface area contributed by atoms with Gasteiger partial charge in [-0.15, -0.1) is 0 Å². The van der Waals surface area contributed by atoms with Crippen molar-refractivity contribution in [3.05, 3.63) is 62.6 Å². The Kier molecular flexibility index (Phi) is 4.38. The summed E-state index contributed by atoms with van der Waals surface area (Å²) < 4.78 is 1.55. The van der Waals surface area contributed by atoms with Crippen LogP contribution in [0, 0.1) is 0 Å². The van der Waals surface area contributed by atoms with Crippen LogP contribution in [0.5, 0.6) is 0 Å². The molecule has 7 heteroatoms. The molecule has 3 aromatic rings. The van der Waals surface area contributed by atoms with Gasteiger partial charge in [0.25, 0.3) is 5.56 Å². The van der Waals surface area contributed by atoms with E-state index in [2.05, 4.69) is 9.97 Å². The zero-order valence-corrected chi connectivity index (χ0v) is 13.9. The maximum atomic E-state index is 12.5. The highest BCUT2D eigenvalue weighted by molar-refractivity contribution is 7.98. The van der Waals surface area contributed by atoms with Crippen molar-refractivity contribution in [1.82, 2.24) is 14.5 Å². The molecule has 0 radical (unpaired) electrons. The number of rotatable bonds is 3. The standard InChI is InChI=1S/C15H11Cl2N3OS/c1-22-15-18-7-9-13(19-15)5-6-20(14(9)21)8-10-11(16)3-2-4-12(10)17/h2-7H,8H2,1H3. The molecule has 3 rings (SSSR count). The lowest BCUT2D eigenvalue weighted by molar-refractivity contribution is 0.766. The molecule has 0 unspecified atom stereocenters. The molecule has 0 N–H and O–H groups in total. The van der Waals surface area contributed by atoms with Crippen molar-refractivity contribution in [2.24, 2.45) is 0 Å². The number of hydrogen-bond donors (Lipinski definition) is 0. The fraction of sp³-hybridized carbons (Fsp3) is 0.133. The molecule has 1 aromatic carbocycles. The highest BCUT2D eigenvalue weighted by Gasteiger charge is 2.10. The third-order valence-corrected chi connectivity index (χ3v) is 4.54. The maximum Gasteiger partial charge on any atom is 0.261 e. The smallest absolute Gasteiger partial charge is 0.261 e. The minimum absolute atomic E-state index is 0.166. The monoisotopic (exact) mass is 351 g/mol. The highest BCUT2D eigenvalue weighted by atomic mass is 35.5. The topological polar surface area (TPSA) is 47.8 Å². The van der Waals surface area contributed by atoms with Crippen LogP contribution >= 0.6 is 35.0 Å². The van der Waals surface area contributed by atoms with Crippen molar-refractivity contribution in [3.8, 4) is 0 Å². The minimum Gasteiger partial charge on any atom is -0.310 e. The zero-order chi connectivity index (χ0) is 15.7. The summed E-state index contributed by atoms with van der Waals surface area (Å²) in [4.78, 5) is 21.0. The number of aromatic nitrogens is 3. The molecule has 0 saturated carbocycles. The molecular formula is C15H11Cl2N3OS. The summed E-state index contributed by atoms with van der Waals surface area (Å²) in [5, 5.41) is 2.18. The second kappa shape index (κ2) is 6.28. The van der Waals surface area contributed by atoms with Gasteiger partial charge in [0.15, 0.2) is 5.16 Å². The Bertz CT molecular complexity index is 891. The molecular weight excluding hydrogens is 341 g/mol. The molecule has 0 fully saturated rings. The molecule has 112 valence electrons. The zero-order valence-electron chi connectivity index (χ0n) is 11.6. The Balaban J connectivity index is 2.09. The summed E-state index contributed by atoms with van der Waals surface area (Å²) in [6, 6.07) is 7.07. The first-order valence-electron chi connectivity index (χ1n) is 6.43. The van der Waals surface area contributed by atoms with E-state index in [1.165, 1.54) is 11.8 Å². The van der Waals surface area contributed by atoms with Gasteiger partial charge in [-0.1, -0.05) is 41.0 Å². The second-order valence-corrected chi connectivity index (χ2v) is 6.19. The highest BCUT2D eigenvalue weighted by Crippen LogP contribution is 2.25. The van der Waals surface area contributed by atoms with E-state index < -0.39 is 0 Å². The SMILES string of the molecule is CSc1ncc2c(=O)n(Cc3c(Cl)cccc3Cl)ccc2n1. The molecule has 0 aliphatic rings. The summed E-state index contributed by atoms with van der Waals surface area (Å²) >= 11 is 13.8. The van der Waals surface area contributed by atoms with E-state index in [-0.39, 0.29) is 5.56 Å². The van der Waals surface area contributed by atoms with E-state index in [0.29, 0.717) is 38.2 Å². The Labute approximate surface area is 141 Å². The largest absolute Gasteiger partial charge is 0.310 e. The van der Waals surface area contributed by atoms with Crippen LogP contribution in [-0.2, 0) is 6.54 Å². The number of halogens is 2. The fourth-order valence-electron chi connectivity index (χ4n) is 2.13. The van der Waals surface area contributed by atoms with Gasteiger partial charge in [0, 0.05) is 28.0 Å². The quantitative estimate of drug-likeness (QED) is 0.530. The van der Waals surface area contributed by atoms with E-state index >= 15 is 0 Å². The van der Waals surface area contributed by atoms with Crippen LogP contribution < -0.4 is 5.56 Å². The summed E-state index contributed by atoms with van der Waals surface area (Å²) in [5.74, 6) is 0. The van der Waals surface area contributed by atoms with Gasteiger partial charge in [0.05, 0.1) is 17.4 Å². The average molecular weight is 352 g/mol. The molecule has 4 nitrogen and oxygen atoms in total. The molecule has 0 saturated heterocycles. The van der Waals surface area contributed by atoms with Crippen molar-refractivity contribution in [2.45, 2.75) is 11.7 Å². The predicted molar refractivity (Wildman–Crippen MR) is 91.1 cm³/mol. The summed E-state index contributed by atoms with van der Waals surface area (Å²) in [7, 11) is 0. The molecule has 0 atom stereocenters. The van der Waals surface area contributed by atoms with Gasteiger partial charge in [-0.25, -0.2) is 9.97 Å². The van der Waals surface area contributed by atoms with Crippen LogP contribution in [0.25, 0.3) is 10.9 Å².